The molecule has 0 fully saturated rings. The first-order valence-corrected chi connectivity index (χ1v) is 6.08. The Morgan fingerprint density at radius 3 is 2.70 bits per heavy atom. The Morgan fingerprint density at radius 2 is 2.00 bits per heavy atom. The molecule has 0 unspecified atom stereocenters. The maximum atomic E-state index is 13.6. The molecular weight excluding hydrogens is 259 g/mol. The first-order valence-electron chi connectivity index (χ1n) is 6.08. The zero-order chi connectivity index (χ0) is 14.3. The molecule has 0 amide bonds. The van der Waals surface area contributed by atoms with Crippen molar-refractivity contribution in [2.24, 2.45) is 0 Å². The fraction of sp³-hybridized carbons (Fsp3) is 0.0625. The van der Waals surface area contributed by atoms with Gasteiger partial charge in [-0.2, -0.15) is 0 Å². The van der Waals surface area contributed by atoms with Gasteiger partial charge in [0.05, 0.1) is 5.56 Å². The Balaban J connectivity index is 2.22. The molecule has 3 aromatic rings. The maximum Gasteiger partial charge on any atom is 0.335 e. The molecular formula is C16H11FO3. The number of benzene rings is 2. The number of aryl methyl sites for hydroxylation is 1. The Morgan fingerprint density at radius 1 is 1.20 bits per heavy atom. The smallest absolute Gasteiger partial charge is 0.335 e. The van der Waals surface area contributed by atoms with E-state index in [-0.39, 0.29) is 11.1 Å². The minimum Gasteiger partial charge on any atom is -0.478 e. The van der Waals surface area contributed by atoms with Crippen LogP contribution in [0.25, 0.3) is 22.3 Å². The van der Waals surface area contributed by atoms with E-state index in [1.54, 1.807) is 24.3 Å². The van der Waals surface area contributed by atoms with Crippen LogP contribution in [0.1, 0.15) is 15.9 Å². The van der Waals surface area contributed by atoms with Crippen molar-refractivity contribution in [2.45, 2.75) is 6.92 Å². The summed E-state index contributed by atoms with van der Waals surface area (Å²) in [6, 6.07) is 11.2. The third kappa shape index (κ3) is 1.95. The number of furan rings is 1. The lowest BCUT2D eigenvalue weighted by molar-refractivity contribution is 0.0697. The first kappa shape index (κ1) is 12.4. The molecule has 0 spiro atoms. The summed E-state index contributed by atoms with van der Waals surface area (Å²) in [5.74, 6) is -0.972. The molecule has 1 aromatic heterocycles. The van der Waals surface area contributed by atoms with E-state index in [0.717, 1.165) is 5.56 Å². The van der Waals surface area contributed by atoms with E-state index in [4.69, 9.17) is 9.52 Å². The summed E-state index contributed by atoms with van der Waals surface area (Å²) in [5, 5.41) is 9.69. The molecule has 0 aliphatic carbocycles. The number of carbonyl (C=O) groups is 1. The van der Waals surface area contributed by atoms with Crippen LogP contribution in [0.2, 0.25) is 0 Å². The predicted octanol–water partition coefficient (Wildman–Crippen LogP) is 4.25. The van der Waals surface area contributed by atoms with E-state index in [9.17, 15) is 9.18 Å². The number of aromatic carboxylic acids is 1. The van der Waals surface area contributed by atoms with Gasteiger partial charge in [-0.05, 0) is 36.8 Å². The number of para-hydroxylation sites is 1. The molecule has 2 aromatic carbocycles. The van der Waals surface area contributed by atoms with Crippen LogP contribution in [0.15, 0.2) is 46.9 Å². The average Bonchev–Trinajstić information content (AvgIpc) is 2.84. The van der Waals surface area contributed by atoms with Crippen LogP contribution in [0.3, 0.4) is 0 Å². The topological polar surface area (TPSA) is 50.4 Å². The van der Waals surface area contributed by atoms with Crippen LogP contribution in [0.5, 0.6) is 0 Å². The van der Waals surface area contributed by atoms with Crippen LogP contribution in [0, 0.1) is 12.7 Å². The van der Waals surface area contributed by atoms with Crippen LogP contribution in [0.4, 0.5) is 4.39 Å². The van der Waals surface area contributed by atoms with E-state index in [1.807, 2.05) is 6.92 Å². The van der Waals surface area contributed by atoms with Gasteiger partial charge in [-0.1, -0.05) is 18.2 Å². The van der Waals surface area contributed by atoms with Crippen LogP contribution >= 0.6 is 0 Å². The second-order valence-electron chi connectivity index (χ2n) is 4.60. The summed E-state index contributed by atoms with van der Waals surface area (Å²) in [7, 11) is 0. The van der Waals surface area contributed by atoms with Crippen molar-refractivity contribution >= 4 is 16.9 Å². The van der Waals surface area contributed by atoms with Crippen LogP contribution in [-0.2, 0) is 0 Å². The summed E-state index contributed by atoms with van der Waals surface area (Å²) in [6.45, 7) is 1.85. The number of carboxylic acid groups (broad SMARTS) is 1. The van der Waals surface area contributed by atoms with Crippen LogP contribution in [-0.4, -0.2) is 11.1 Å². The van der Waals surface area contributed by atoms with Crippen LogP contribution < -0.4 is 0 Å². The highest BCUT2D eigenvalue weighted by Gasteiger charge is 2.13. The van der Waals surface area contributed by atoms with Gasteiger partial charge < -0.3 is 9.52 Å². The fourth-order valence-corrected chi connectivity index (χ4v) is 2.18. The van der Waals surface area contributed by atoms with Crippen molar-refractivity contribution in [1.29, 1.82) is 0 Å². The van der Waals surface area contributed by atoms with Gasteiger partial charge in [-0.3, -0.25) is 0 Å². The summed E-state index contributed by atoms with van der Waals surface area (Å²) >= 11 is 0. The fourth-order valence-electron chi connectivity index (χ4n) is 2.18. The lowest BCUT2D eigenvalue weighted by Gasteiger charge is -2.03. The quantitative estimate of drug-likeness (QED) is 0.757. The minimum absolute atomic E-state index is 0.173. The van der Waals surface area contributed by atoms with E-state index < -0.39 is 11.8 Å². The molecule has 0 aliphatic rings. The van der Waals surface area contributed by atoms with Gasteiger partial charge >= 0.3 is 5.97 Å². The lowest BCUT2D eigenvalue weighted by Crippen LogP contribution is -1.96. The average molecular weight is 270 g/mol. The first-order chi connectivity index (χ1) is 9.56. The van der Waals surface area contributed by atoms with Crippen molar-refractivity contribution in [3.8, 4) is 11.3 Å². The highest BCUT2D eigenvalue weighted by molar-refractivity contribution is 5.90. The maximum absolute atomic E-state index is 13.6. The molecule has 0 atom stereocenters. The molecule has 4 heteroatoms. The minimum atomic E-state index is -1.01. The molecule has 0 saturated carbocycles. The highest BCUT2D eigenvalue weighted by atomic mass is 19.1. The second-order valence-corrected chi connectivity index (χ2v) is 4.60. The Labute approximate surface area is 114 Å². The molecule has 3 nitrogen and oxygen atoms in total. The number of carboxylic acids is 1. The zero-order valence-electron chi connectivity index (χ0n) is 10.7. The van der Waals surface area contributed by atoms with Gasteiger partial charge in [-0.25, -0.2) is 9.18 Å². The normalized spacial score (nSPS) is 10.9. The second kappa shape index (κ2) is 4.49. The zero-order valence-corrected chi connectivity index (χ0v) is 10.7. The molecule has 0 aliphatic heterocycles. The summed E-state index contributed by atoms with van der Waals surface area (Å²) in [6.07, 6.45) is 0. The Hall–Kier alpha value is -2.62. The third-order valence-corrected chi connectivity index (χ3v) is 3.25. The molecule has 0 radical (unpaired) electrons. The van der Waals surface area contributed by atoms with E-state index in [0.29, 0.717) is 16.7 Å². The standard InChI is InChI=1S/C16H11FO3/c1-9-5-6-11(16(18)19)7-12(9)14-8-10-3-2-4-13(17)15(10)20-14/h2-8H,1H3,(H,18,19). The van der Waals surface area contributed by atoms with Gasteiger partial charge in [0.25, 0.3) is 0 Å². The van der Waals surface area contributed by atoms with Gasteiger partial charge in [0.1, 0.15) is 5.76 Å². The number of halogens is 1. The monoisotopic (exact) mass is 270 g/mol. The third-order valence-electron chi connectivity index (χ3n) is 3.25. The SMILES string of the molecule is Cc1ccc(C(=O)O)cc1-c1cc2cccc(F)c2o1. The Bertz CT molecular complexity index is 818. The predicted molar refractivity (Wildman–Crippen MR) is 73.3 cm³/mol. The molecule has 1 heterocycles. The molecule has 100 valence electrons. The van der Waals surface area contributed by atoms with Gasteiger partial charge in [0.15, 0.2) is 11.4 Å². The van der Waals surface area contributed by atoms with Crippen molar-refractivity contribution in [1.82, 2.24) is 0 Å². The number of hydrogen-bond donors (Lipinski definition) is 1. The van der Waals surface area contributed by atoms with E-state index >= 15 is 0 Å². The lowest BCUT2D eigenvalue weighted by atomic mass is 10.0. The highest BCUT2D eigenvalue weighted by Crippen LogP contribution is 2.31. The largest absolute Gasteiger partial charge is 0.478 e. The number of rotatable bonds is 2. The summed E-state index contributed by atoms with van der Waals surface area (Å²) in [5.41, 5.74) is 1.88. The van der Waals surface area contributed by atoms with E-state index in [1.165, 1.54) is 18.2 Å². The van der Waals surface area contributed by atoms with Crippen molar-refractivity contribution in [3.05, 3.63) is 59.4 Å². The molecule has 3 rings (SSSR count). The summed E-state index contributed by atoms with van der Waals surface area (Å²) in [4.78, 5) is 11.0. The van der Waals surface area contributed by atoms with E-state index in [2.05, 4.69) is 0 Å². The van der Waals surface area contributed by atoms with Gasteiger partial charge in [0.2, 0.25) is 0 Å². The van der Waals surface area contributed by atoms with Gasteiger partial charge in [0, 0.05) is 10.9 Å². The molecule has 1 N–H and O–H groups in total. The van der Waals surface area contributed by atoms with Crippen molar-refractivity contribution in [3.63, 3.8) is 0 Å². The van der Waals surface area contributed by atoms with Gasteiger partial charge in [-0.15, -0.1) is 0 Å². The number of hydrogen-bond acceptors (Lipinski definition) is 2. The molecule has 0 saturated heterocycles. The Kier molecular flexibility index (Phi) is 2.79. The van der Waals surface area contributed by atoms with Crippen molar-refractivity contribution in [2.75, 3.05) is 0 Å². The van der Waals surface area contributed by atoms with Crippen molar-refractivity contribution < 1.29 is 18.7 Å². The molecule has 0 bridgehead atoms. The number of fused-ring (bicyclic) bond motifs is 1. The summed E-state index contributed by atoms with van der Waals surface area (Å²) < 4.78 is 19.2. The molecule has 20 heavy (non-hydrogen) atoms.